The number of thiazole rings is 2. The molecule has 0 radical (unpaired) electrons. The number of aromatic hydroxyl groups is 2. The molecule has 0 aliphatic heterocycles. The number of nitrogens with one attached hydrogen (secondary N) is 3. The third-order valence-electron chi connectivity index (χ3n) is 9.34. The lowest BCUT2D eigenvalue weighted by atomic mass is 9.78. The van der Waals surface area contributed by atoms with E-state index in [2.05, 4.69) is 30.7 Å². The number of anilines is 3. The maximum atomic E-state index is 12.9. The van der Waals surface area contributed by atoms with Crippen LogP contribution < -0.4 is 20.7 Å². The Hall–Kier alpha value is -7.80. The largest absolute Gasteiger partial charge is 0.573 e. The van der Waals surface area contributed by atoms with Gasteiger partial charge in [-0.05, 0) is 82.6 Å². The fourth-order valence-corrected chi connectivity index (χ4v) is 7.57. The molecular formula is C49H44F3N7O6S2. The minimum absolute atomic E-state index is 0.145. The lowest BCUT2D eigenvalue weighted by Crippen LogP contribution is -2.18. The number of alkyl halides is 3. The summed E-state index contributed by atoms with van der Waals surface area (Å²) in [7, 11) is 0. The summed E-state index contributed by atoms with van der Waals surface area (Å²) in [5, 5.41) is 51.7. The molecule has 4 aromatic carbocycles. The molecule has 18 heteroatoms. The van der Waals surface area contributed by atoms with Crippen LogP contribution in [-0.2, 0) is 25.2 Å². The highest BCUT2D eigenvalue weighted by molar-refractivity contribution is 7.14. The maximum Gasteiger partial charge on any atom is 0.573 e. The number of nitrogens with zero attached hydrogens (tertiary/aromatic N) is 4. The Labute approximate surface area is 392 Å². The standard InChI is InChI=1S/C28H28F3N3O3S.C21H16N4O3S/c1-26(2,3)20-12-16(13-21(23(20)35)27(4,5)6)11-18(14-32)24(36)34-25-33-22(15-38-25)17-7-9-19(10-8-17)37-28(29,30)31;1-13(26)23-17-8-7-14(10-19(17)27)9-16(11-22)20(28)25-21-24-18(12-29-21)15-5-3-2-4-6-15/h7-13,15,35H,1-6H3,(H,33,34,36);2-10,12,27H,1H3,(H,23,26)(H,24,25,28)/b18-11+;16-9+. The molecule has 0 bridgehead atoms. The average molecular weight is 948 g/mol. The first-order valence-electron chi connectivity index (χ1n) is 20.1. The molecule has 13 nitrogen and oxygen atoms in total. The number of rotatable bonds is 10. The first-order chi connectivity index (χ1) is 31.4. The molecule has 67 heavy (non-hydrogen) atoms. The first-order valence-corrected chi connectivity index (χ1v) is 21.9. The number of ether oxygens (including phenoxy) is 1. The Bertz CT molecular complexity index is 2900. The number of phenolic OH excluding ortho intramolecular Hbond substituents is 2. The normalized spacial score (nSPS) is 11.9. The van der Waals surface area contributed by atoms with Gasteiger partial charge in [-0.1, -0.05) is 77.9 Å². The first kappa shape index (κ1) is 50.2. The van der Waals surface area contributed by atoms with Crippen molar-refractivity contribution in [2.75, 3.05) is 16.0 Å². The Morgan fingerprint density at radius 1 is 0.672 bits per heavy atom. The van der Waals surface area contributed by atoms with E-state index in [1.807, 2.05) is 89.4 Å². The van der Waals surface area contributed by atoms with Crippen molar-refractivity contribution in [3.63, 3.8) is 0 Å². The Morgan fingerprint density at radius 3 is 1.58 bits per heavy atom. The predicted molar refractivity (Wildman–Crippen MR) is 254 cm³/mol. The lowest BCUT2D eigenvalue weighted by Gasteiger charge is -2.28. The van der Waals surface area contributed by atoms with E-state index in [0.29, 0.717) is 38.6 Å². The fourth-order valence-electron chi connectivity index (χ4n) is 6.14. The Kier molecular flexibility index (Phi) is 15.7. The van der Waals surface area contributed by atoms with Crippen molar-refractivity contribution in [3.05, 3.63) is 129 Å². The molecule has 344 valence electrons. The van der Waals surface area contributed by atoms with Crippen molar-refractivity contribution in [2.24, 2.45) is 0 Å². The summed E-state index contributed by atoms with van der Waals surface area (Å²) >= 11 is 2.37. The van der Waals surface area contributed by atoms with Crippen LogP contribution in [0.5, 0.6) is 17.2 Å². The van der Waals surface area contributed by atoms with Gasteiger partial charge in [-0.25, -0.2) is 9.97 Å². The number of aromatic nitrogens is 2. The minimum Gasteiger partial charge on any atom is -0.507 e. The quantitative estimate of drug-likeness (QED) is 0.0498. The molecule has 0 saturated carbocycles. The number of halogens is 3. The van der Waals surface area contributed by atoms with Gasteiger partial charge < -0.3 is 20.3 Å². The second-order valence-corrected chi connectivity index (χ2v) is 18.4. The number of phenols is 2. The van der Waals surface area contributed by atoms with Crippen LogP contribution in [0.4, 0.5) is 29.1 Å². The molecule has 0 atom stereocenters. The van der Waals surface area contributed by atoms with Crippen molar-refractivity contribution in [2.45, 2.75) is 65.7 Å². The van der Waals surface area contributed by atoms with Gasteiger partial charge in [-0.3, -0.25) is 25.0 Å². The summed E-state index contributed by atoms with van der Waals surface area (Å²) in [6.45, 7) is 13.1. The van der Waals surface area contributed by atoms with E-state index >= 15 is 0 Å². The van der Waals surface area contributed by atoms with Gasteiger partial charge in [0.15, 0.2) is 10.3 Å². The zero-order chi connectivity index (χ0) is 49.3. The van der Waals surface area contributed by atoms with Gasteiger partial charge in [0.1, 0.15) is 40.5 Å². The molecule has 0 unspecified atom stereocenters. The van der Waals surface area contributed by atoms with Crippen molar-refractivity contribution < 1.29 is 42.5 Å². The lowest BCUT2D eigenvalue weighted by molar-refractivity contribution is -0.274. The highest BCUT2D eigenvalue weighted by atomic mass is 32.1. The molecule has 6 rings (SSSR count). The molecule has 5 N–H and O–H groups in total. The van der Waals surface area contributed by atoms with Crippen LogP contribution in [0, 0.1) is 22.7 Å². The second kappa shape index (κ2) is 21.0. The zero-order valence-electron chi connectivity index (χ0n) is 37.2. The van der Waals surface area contributed by atoms with Gasteiger partial charge in [-0.2, -0.15) is 10.5 Å². The third-order valence-corrected chi connectivity index (χ3v) is 10.9. The summed E-state index contributed by atoms with van der Waals surface area (Å²) in [6.07, 6.45) is -1.97. The van der Waals surface area contributed by atoms with Crippen LogP contribution in [0.3, 0.4) is 0 Å². The second-order valence-electron chi connectivity index (χ2n) is 16.7. The van der Waals surface area contributed by atoms with E-state index in [4.69, 9.17) is 0 Å². The molecule has 0 aliphatic rings. The molecule has 0 fully saturated rings. The molecular weight excluding hydrogens is 904 g/mol. The molecule has 3 amide bonds. The van der Waals surface area contributed by atoms with Crippen LogP contribution in [0.15, 0.2) is 107 Å². The maximum absolute atomic E-state index is 12.9. The summed E-state index contributed by atoms with van der Waals surface area (Å²) < 4.78 is 41.0. The van der Waals surface area contributed by atoms with Crippen molar-refractivity contribution in [3.8, 4) is 51.9 Å². The topological polar surface area (TPSA) is 210 Å². The smallest absolute Gasteiger partial charge is 0.507 e. The molecule has 2 heterocycles. The van der Waals surface area contributed by atoms with Gasteiger partial charge in [0, 0.05) is 39.9 Å². The summed E-state index contributed by atoms with van der Waals surface area (Å²) in [4.78, 5) is 45.1. The van der Waals surface area contributed by atoms with E-state index in [-0.39, 0.29) is 56.0 Å². The third kappa shape index (κ3) is 14.1. The number of nitriles is 2. The van der Waals surface area contributed by atoms with Crippen LogP contribution in [-0.4, -0.2) is 44.3 Å². The number of amides is 3. The molecule has 0 saturated heterocycles. The summed E-state index contributed by atoms with van der Waals surface area (Å²) in [5.74, 6) is -1.92. The van der Waals surface area contributed by atoms with Crippen LogP contribution in [0.25, 0.3) is 34.7 Å². The zero-order valence-corrected chi connectivity index (χ0v) is 38.8. The number of hydrogen-bond acceptors (Lipinski definition) is 12. The van der Waals surface area contributed by atoms with Crippen molar-refractivity contribution >= 4 is 68.5 Å². The molecule has 2 aromatic heterocycles. The van der Waals surface area contributed by atoms with Crippen LogP contribution in [0.1, 0.15) is 70.7 Å². The Morgan fingerprint density at radius 2 is 1.15 bits per heavy atom. The van der Waals surface area contributed by atoms with Crippen LogP contribution in [0.2, 0.25) is 0 Å². The predicted octanol–water partition coefficient (Wildman–Crippen LogP) is 11.6. The van der Waals surface area contributed by atoms with E-state index < -0.39 is 18.2 Å². The van der Waals surface area contributed by atoms with Crippen molar-refractivity contribution in [1.29, 1.82) is 10.5 Å². The minimum atomic E-state index is -4.78. The van der Waals surface area contributed by atoms with E-state index in [9.17, 15) is 48.3 Å². The van der Waals surface area contributed by atoms with Gasteiger partial charge in [0.05, 0.1) is 17.1 Å². The van der Waals surface area contributed by atoms with Gasteiger partial charge in [0.25, 0.3) is 11.8 Å². The highest BCUT2D eigenvalue weighted by Crippen LogP contribution is 2.40. The summed E-state index contributed by atoms with van der Waals surface area (Å²) in [6, 6.07) is 26.5. The van der Waals surface area contributed by atoms with Crippen LogP contribution >= 0.6 is 22.7 Å². The molecule has 0 spiro atoms. The number of carbonyl (C=O) groups is 3. The van der Waals surface area contributed by atoms with Gasteiger partial charge in [-0.15, -0.1) is 35.8 Å². The summed E-state index contributed by atoms with van der Waals surface area (Å²) in [5.41, 5.74) is 4.25. The van der Waals surface area contributed by atoms with E-state index in [0.717, 1.165) is 22.6 Å². The SMILES string of the molecule is CC(=O)Nc1ccc(/C=C(\C#N)C(=O)Nc2nc(-c3ccccc3)cs2)cc1O.CC(C)(C)c1cc(/C=C(\C#N)C(=O)Nc2nc(-c3ccc(OC(F)(F)F)cc3)cs2)cc(C(C)(C)C)c1O. The number of benzene rings is 4. The highest BCUT2D eigenvalue weighted by Gasteiger charge is 2.31. The van der Waals surface area contributed by atoms with Crippen molar-refractivity contribution in [1.82, 2.24) is 9.97 Å². The van der Waals surface area contributed by atoms with E-state index in [1.165, 1.54) is 66.8 Å². The molecule has 6 aromatic rings. The van der Waals surface area contributed by atoms with E-state index in [1.54, 1.807) is 23.6 Å². The van der Waals surface area contributed by atoms with Gasteiger partial charge in [0.2, 0.25) is 5.91 Å². The molecule has 0 aliphatic carbocycles. The number of carbonyl (C=O) groups excluding carboxylic acids is 3. The fraction of sp³-hybridized carbons (Fsp3) is 0.204. The Balaban J connectivity index is 0.000000260. The average Bonchev–Trinajstić information content (AvgIpc) is 3.92. The van der Waals surface area contributed by atoms with Gasteiger partial charge >= 0.3 is 6.36 Å². The monoisotopic (exact) mass is 947 g/mol. The number of hydrogen-bond donors (Lipinski definition) is 5.